The van der Waals surface area contributed by atoms with Gasteiger partial charge in [-0.2, -0.15) is 13.1 Å². The van der Waals surface area contributed by atoms with E-state index in [4.69, 9.17) is 15.8 Å². The van der Waals surface area contributed by atoms with Crippen LogP contribution in [0.5, 0.6) is 0 Å². The Bertz CT molecular complexity index is 1220. The Hall–Kier alpha value is -1.59. The van der Waals surface area contributed by atoms with Crippen LogP contribution < -0.4 is 4.72 Å². The first-order chi connectivity index (χ1) is 15.2. The van der Waals surface area contributed by atoms with Crippen LogP contribution in [0.15, 0.2) is 47.4 Å². The molecule has 1 saturated carbocycles. The maximum absolute atomic E-state index is 14.9. The van der Waals surface area contributed by atoms with E-state index in [9.17, 15) is 25.6 Å². The van der Waals surface area contributed by atoms with Crippen molar-refractivity contribution in [3.05, 3.63) is 64.7 Å². The summed E-state index contributed by atoms with van der Waals surface area (Å²) in [5.41, 5.74) is -1.05. The zero-order valence-electron chi connectivity index (χ0n) is 18.4. The molecule has 33 heavy (non-hydrogen) atoms. The predicted octanol–water partition coefficient (Wildman–Crippen LogP) is 4.88. The average molecular weight is 522 g/mol. The quantitative estimate of drug-likeness (QED) is 0.585. The van der Waals surface area contributed by atoms with Gasteiger partial charge in [0.2, 0.25) is 0 Å². The molecule has 1 fully saturated rings. The smallest absolute Gasteiger partial charge is 0.255 e. The number of halogens is 3. The molecule has 6 nitrogen and oxygen atoms in total. The van der Waals surface area contributed by atoms with Gasteiger partial charge < -0.3 is 0 Å². The van der Waals surface area contributed by atoms with E-state index in [-0.39, 0.29) is 36.1 Å². The van der Waals surface area contributed by atoms with Crippen molar-refractivity contribution in [2.75, 3.05) is 0 Å². The molecule has 1 N–H and O–H groups in total. The largest absolute Gasteiger partial charge is 0.336 e. The van der Waals surface area contributed by atoms with E-state index in [1.165, 1.54) is 24.3 Å². The summed E-state index contributed by atoms with van der Waals surface area (Å²) in [5.74, 6) is -1.62. The van der Waals surface area contributed by atoms with Gasteiger partial charge in [0, 0.05) is 16.1 Å². The Balaban J connectivity index is 1.99. The van der Waals surface area contributed by atoms with Crippen molar-refractivity contribution >= 4 is 31.7 Å². The summed E-state index contributed by atoms with van der Waals surface area (Å²) in [5, 5.41) is 0.327. The first-order valence-electron chi connectivity index (χ1n) is 10.3. The first kappa shape index (κ1) is 26.0. The van der Waals surface area contributed by atoms with E-state index in [0.29, 0.717) is 5.02 Å². The van der Waals surface area contributed by atoms with Crippen molar-refractivity contribution in [1.82, 2.24) is 4.72 Å². The lowest BCUT2D eigenvalue weighted by molar-refractivity contribution is 0.138. The van der Waals surface area contributed by atoms with E-state index < -0.39 is 48.2 Å². The zero-order valence-corrected chi connectivity index (χ0v) is 20.8. The number of nitrogens with one attached hydrogen (secondary N) is 1. The van der Waals surface area contributed by atoms with Gasteiger partial charge in [0.25, 0.3) is 0 Å². The van der Waals surface area contributed by atoms with Crippen molar-refractivity contribution < 1.29 is 29.8 Å². The standard InChI is InChI=1S/C22H26ClF2NO5S2/c1-21(2,3)26-33(29,30)31-17-10-12-22(13-11-17,19-14-16(24)6-9-20(19)25)32(27,28)18-7-4-15(23)5-8-18/h4-9,14,17,26H,10-13H2,1-3H3. The van der Waals surface area contributed by atoms with E-state index in [1.807, 2.05) is 0 Å². The minimum absolute atomic E-state index is 0.00776. The Labute approximate surface area is 198 Å². The Morgan fingerprint density at radius 3 is 2.12 bits per heavy atom. The molecule has 0 radical (unpaired) electrons. The van der Waals surface area contributed by atoms with Gasteiger partial charge in [-0.1, -0.05) is 11.6 Å². The molecule has 2 aromatic rings. The minimum atomic E-state index is -4.21. The van der Waals surface area contributed by atoms with Gasteiger partial charge in [-0.05, 0) is 88.9 Å². The fourth-order valence-corrected chi connectivity index (χ4v) is 7.74. The molecule has 1 aliphatic carbocycles. The van der Waals surface area contributed by atoms with Gasteiger partial charge in [0.1, 0.15) is 16.4 Å². The highest BCUT2D eigenvalue weighted by Crippen LogP contribution is 2.48. The molecule has 0 heterocycles. The van der Waals surface area contributed by atoms with E-state index in [1.54, 1.807) is 20.8 Å². The third-order valence-corrected chi connectivity index (χ3v) is 9.68. The van der Waals surface area contributed by atoms with Gasteiger partial charge in [0.05, 0.1) is 11.0 Å². The van der Waals surface area contributed by atoms with Crippen LogP contribution >= 0.6 is 11.6 Å². The van der Waals surface area contributed by atoms with Gasteiger partial charge >= 0.3 is 10.3 Å². The zero-order chi connectivity index (χ0) is 24.7. The van der Waals surface area contributed by atoms with Gasteiger partial charge in [0.15, 0.2) is 9.84 Å². The van der Waals surface area contributed by atoms with Crippen LogP contribution in [0.1, 0.15) is 52.0 Å². The lowest BCUT2D eigenvalue weighted by atomic mass is 9.81. The maximum atomic E-state index is 14.9. The normalized spacial score (nSPS) is 22.3. The van der Waals surface area contributed by atoms with Crippen LogP contribution in [0, 0.1) is 11.6 Å². The van der Waals surface area contributed by atoms with E-state index in [2.05, 4.69) is 4.72 Å². The van der Waals surface area contributed by atoms with Crippen LogP contribution in [0.2, 0.25) is 5.02 Å². The molecule has 2 aromatic carbocycles. The third-order valence-electron chi connectivity index (χ3n) is 5.49. The van der Waals surface area contributed by atoms with Crippen molar-refractivity contribution in [2.24, 2.45) is 0 Å². The van der Waals surface area contributed by atoms with Crippen molar-refractivity contribution in [3.8, 4) is 0 Å². The highest BCUT2D eigenvalue weighted by Gasteiger charge is 2.50. The van der Waals surface area contributed by atoms with Crippen LogP contribution in [0.4, 0.5) is 8.78 Å². The van der Waals surface area contributed by atoms with Crippen LogP contribution in [0.3, 0.4) is 0 Å². The monoisotopic (exact) mass is 521 g/mol. The molecule has 0 amide bonds. The number of hydrogen-bond donors (Lipinski definition) is 1. The second-order valence-electron chi connectivity index (χ2n) is 9.18. The Morgan fingerprint density at radius 1 is 1.00 bits per heavy atom. The summed E-state index contributed by atoms with van der Waals surface area (Å²) >= 11 is 5.89. The molecule has 0 unspecified atom stereocenters. The number of rotatable bonds is 6. The third kappa shape index (κ3) is 5.74. The minimum Gasteiger partial charge on any atom is -0.255 e. The van der Waals surface area contributed by atoms with Crippen molar-refractivity contribution in [2.45, 2.75) is 67.7 Å². The summed E-state index contributed by atoms with van der Waals surface area (Å²) in [7, 11) is -8.31. The number of sulfone groups is 1. The highest BCUT2D eigenvalue weighted by molar-refractivity contribution is 7.92. The molecule has 0 atom stereocenters. The summed E-state index contributed by atoms with van der Waals surface area (Å²) < 4.78 is 87.0. The molecular weight excluding hydrogens is 496 g/mol. The lowest BCUT2D eigenvalue weighted by Crippen LogP contribution is -2.45. The summed E-state index contributed by atoms with van der Waals surface area (Å²) in [6, 6.07) is 8.15. The fourth-order valence-electron chi connectivity index (χ4n) is 4.10. The molecule has 0 saturated heterocycles. The second kappa shape index (κ2) is 9.22. The summed E-state index contributed by atoms with van der Waals surface area (Å²) in [6.07, 6.45) is -1.11. The SMILES string of the molecule is CC(C)(C)NS(=O)(=O)OC1CCC(c2cc(F)ccc2F)(S(=O)(=O)c2ccc(Cl)cc2)CC1. The van der Waals surface area contributed by atoms with Gasteiger partial charge in [-0.15, -0.1) is 0 Å². The molecule has 3 rings (SSSR count). The average Bonchev–Trinajstić information content (AvgIpc) is 2.68. The number of hydrogen-bond acceptors (Lipinski definition) is 5. The second-order valence-corrected chi connectivity index (χ2v) is 13.2. The molecule has 0 aromatic heterocycles. The fraction of sp³-hybridized carbons (Fsp3) is 0.455. The van der Waals surface area contributed by atoms with Crippen molar-refractivity contribution in [1.29, 1.82) is 0 Å². The van der Waals surface area contributed by atoms with Crippen LogP contribution in [0.25, 0.3) is 0 Å². The molecule has 11 heteroatoms. The molecule has 0 spiro atoms. The van der Waals surface area contributed by atoms with Gasteiger partial charge in [-0.25, -0.2) is 17.2 Å². The first-order valence-corrected chi connectivity index (χ1v) is 13.6. The maximum Gasteiger partial charge on any atom is 0.336 e. The van der Waals surface area contributed by atoms with Crippen LogP contribution in [-0.4, -0.2) is 28.5 Å². The Kier molecular flexibility index (Phi) is 7.27. The Morgan fingerprint density at radius 2 is 1.58 bits per heavy atom. The van der Waals surface area contributed by atoms with Crippen LogP contribution in [-0.2, 0) is 29.1 Å². The van der Waals surface area contributed by atoms with Crippen molar-refractivity contribution in [3.63, 3.8) is 0 Å². The predicted molar refractivity (Wildman–Crippen MR) is 122 cm³/mol. The molecule has 182 valence electrons. The number of benzene rings is 2. The summed E-state index contributed by atoms with van der Waals surface area (Å²) in [6.45, 7) is 4.97. The van der Waals surface area contributed by atoms with Gasteiger partial charge in [-0.3, -0.25) is 4.18 Å². The highest BCUT2D eigenvalue weighted by atomic mass is 35.5. The molecule has 0 aliphatic heterocycles. The van der Waals surface area contributed by atoms with E-state index in [0.717, 1.165) is 18.2 Å². The molecule has 1 aliphatic rings. The molecule has 0 bridgehead atoms. The van der Waals surface area contributed by atoms with E-state index >= 15 is 0 Å². The topological polar surface area (TPSA) is 89.5 Å². The lowest BCUT2D eigenvalue weighted by Gasteiger charge is -2.40. The molecular formula is C22H26ClF2NO5S2. The summed E-state index contributed by atoms with van der Waals surface area (Å²) in [4.78, 5) is -0.0862.